The highest BCUT2D eigenvalue weighted by Crippen LogP contribution is 2.28. The maximum atomic E-state index is 12.4. The number of anilines is 1. The number of ether oxygens (including phenoxy) is 1. The zero-order valence-corrected chi connectivity index (χ0v) is 16.9. The fourth-order valence-corrected chi connectivity index (χ4v) is 3.63. The maximum Gasteiger partial charge on any atom is 0.251 e. The summed E-state index contributed by atoms with van der Waals surface area (Å²) >= 11 is 0. The number of hydrogen-bond donors (Lipinski definition) is 0. The van der Waals surface area contributed by atoms with Crippen molar-refractivity contribution in [2.75, 3.05) is 5.06 Å². The normalized spacial score (nSPS) is 13.3. The number of aromatic nitrogens is 2. The second-order valence-electron chi connectivity index (χ2n) is 7.37. The number of nitrogens with zero attached hydrogens (tertiary/aromatic N) is 3. The van der Waals surface area contributed by atoms with Gasteiger partial charge in [-0.05, 0) is 41.8 Å². The van der Waals surface area contributed by atoms with Crippen LogP contribution < -0.4 is 9.80 Å². The van der Waals surface area contributed by atoms with Crippen LogP contribution in [0.25, 0.3) is 10.9 Å². The molecule has 2 heterocycles. The van der Waals surface area contributed by atoms with Crippen LogP contribution in [0.5, 0.6) is 5.75 Å². The average molecular weight is 411 g/mol. The third kappa shape index (κ3) is 4.25. The lowest BCUT2D eigenvalue weighted by molar-refractivity contribution is -0.127. The minimum atomic E-state index is -0.0282. The Morgan fingerprint density at radius 1 is 0.903 bits per heavy atom. The van der Waals surface area contributed by atoms with Gasteiger partial charge in [-0.3, -0.25) is 9.63 Å². The summed E-state index contributed by atoms with van der Waals surface area (Å²) < 4.78 is 5.89. The van der Waals surface area contributed by atoms with Gasteiger partial charge in [-0.15, -0.1) is 0 Å². The van der Waals surface area contributed by atoms with E-state index in [0.717, 1.165) is 34.1 Å². The van der Waals surface area contributed by atoms with Crippen molar-refractivity contribution in [3.05, 3.63) is 95.9 Å². The van der Waals surface area contributed by atoms with Gasteiger partial charge in [0.1, 0.15) is 19.0 Å². The van der Waals surface area contributed by atoms with Crippen LogP contribution in [0.3, 0.4) is 0 Å². The second-order valence-corrected chi connectivity index (χ2v) is 7.37. The van der Waals surface area contributed by atoms with E-state index in [4.69, 9.17) is 9.57 Å². The maximum absolute atomic E-state index is 12.4. The lowest BCUT2D eigenvalue weighted by Gasteiger charge is -2.28. The van der Waals surface area contributed by atoms with E-state index in [0.29, 0.717) is 18.0 Å². The molecule has 0 atom stereocenters. The number of carbonyl (C=O) groups excluding carboxylic acids is 1. The van der Waals surface area contributed by atoms with Gasteiger partial charge in [0.05, 0.1) is 11.2 Å². The Bertz CT molecular complexity index is 1240. The van der Waals surface area contributed by atoms with E-state index in [1.54, 1.807) is 6.20 Å². The molecule has 0 spiro atoms. The molecule has 1 aliphatic rings. The molecule has 1 amide bonds. The van der Waals surface area contributed by atoms with Gasteiger partial charge in [0.25, 0.3) is 5.91 Å². The first-order valence-electron chi connectivity index (χ1n) is 10.2. The van der Waals surface area contributed by atoms with Crippen molar-refractivity contribution in [3.8, 4) is 5.75 Å². The highest BCUT2D eigenvalue weighted by Gasteiger charge is 2.24. The molecule has 1 aliphatic heterocycles. The molecule has 0 unspecified atom stereocenters. The van der Waals surface area contributed by atoms with E-state index in [-0.39, 0.29) is 19.1 Å². The van der Waals surface area contributed by atoms with Crippen molar-refractivity contribution in [1.29, 1.82) is 0 Å². The van der Waals surface area contributed by atoms with E-state index in [1.165, 1.54) is 5.06 Å². The molecule has 6 nitrogen and oxygen atoms in total. The molecule has 0 fully saturated rings. The Balaban J connectivity index is 1.24. The molecule has 0 saturated carbocycles. The van der Waals surface area contributed by atoms with E-state index in [1.807, 2.05) is 72.8 Å². The van der Waals surface area contributed by atoms with Crippen LogP contribution in [-0.4, -0.2) is 15.9 Å². The van der Waals surface area contributed by atoms with Gasteiger partial charge in [0.15, 0.2) is 5.82 Å². The van der Waals surface area contributed by atoms with Crippen LogP contribution in [0, 0.1) is 0 Å². The molecule has 1 aromatic heterocycles. The number of para-hydroxylation sites is 2. The molecular weight excluding hydrogens is 390 g/mol. The van der Waals surface area contributed by atoms with Gasteiger partial charge in [-0.25, -0.2) is 9.97 Å². The smallest absolute Gasteiger partial charge is 0.251 e. The van der Waals surface area contributed by atoms with Gasteiger partial charge in [0.2, 0.25) is 0 Å². The van der Waals surface area contributed by atoms with E-state index in [2.05, 4.69) is 9.97 Å². The number of hydroxylamine groups is 1. The summed E-state index contributed by atoms with van der Waals surface area (Å²) in [5.74, 6) is 1.29. The van der Waals surface area contributed by atoms with Crippen LogP contribution in [0.2, 0.25) is 0 Å². The minimum absolute atomic E-state index is 0.0282. The van der Waals surface area contributed by atoms with E-state index >= 15 is 0 Å². The molecule has 0 N–H and O–H groups in total. The number of hydrogen-bond acceptors (Lipinski definition) is 5. The number of rotatable bonds is 6. The molecule has 5 rings (SSSR count). The number of benzene rings is 3. The Morgan fingerprint density at radius 2 is 1.77 bits per heavy atom. The number of carbonyl (C=O) groups is 1. The van der Waals surface area contributed by atoms with Gasteiger partial charge in [-0.1, -0.05) is 48.5 Å². The largest absolute Gasteiger partial charge is 0.486 e. The average Bonchev–Trinajstić information content (AvgIpc) is 2.82. The standard InChI is InChI=1S/C25H21N3O3/c29-25-13-12-19-7-2-4-11-23(19)28(25)31-16-18-6-5-9-21(14-18)30-17-24-26-15-20-8-1-3-10-22(20)27-24/h1-11,14-15H,12-13,16-17H2. The summed E-state index contributed by atoms with van der Waals surface area (Å²) in [5, 5.41) is 2.41. The third-order valence-electron chi connectivity index (χ3n) is 5.21. The number of aryl methyl sites for hydroxylation is 1. The molecule has 0 radical (unpaired) electrons. The first kappa shape index (κ1) is 19.2. The zero-order valence-electron chi connectivity index (χ0n) is 16.9. The highest BCUT2D eigenvalue weighted by atomic mass is 16.7. The van der Waals surface area contributed by atoms with Crippen LogP contribution in [0.15, 0.2) is 79.0 Å². The number of fused-ring (bicyclic) bond motifs is 2. The first-order valence-corrected chi connectivity index (χ1v) is 10.2. The van der Waals surface area contributed by atoms with Crippen molar-refractivity contribution >= 4 is 22.5 Å². The Kier molecular flexibility index (Phi) is 5.29. The summed E-state index contributed by atoms with van der Waals surface area (Å²) in [6, 6.07) is 23.3. The highest BCUT2D eigenvalue weighted by molar-refractivity contribution is 5.94. The summed E-state index contributed by atoms with van der Waals surface area (Å²) in [6.07, 6.45) is 3.00. The van der Waals surface area contributed by atoms with Crippen molar-refractivity contribution in [2.24, 2.45) is 0 Å². The quantitative estimate of drug-likeness (QED) is 0.463. The summed E-state index contributed by atoms with van der Waals surface area (Å²) in [7, 11) is 0. The topological polar surface area (TPSA) is 64.6 Å². The van der Waals surface area contributed by atoms with Crippen LogP contribution in [-0.2, 0) is 29.3 Å². The van der Waals surface area contributed by atoms with Crippen LogP contribution in [0.4, 0.5) is 5.69 Å². The Hall–Kier alpha value is -3.77. The molecule has 31 heavy (non-hydrogen) atoms. The van der Waals surface area contributed by atoms with Crippen LogP contribution >= 0.6 is 0 Å². The zero-order chi connectivity index (χ0) is 21.0. The predicted octanol–water partition coefficient (Wildman–Crippen LogP) is 4.62. The van der Waals surface area contributed by atoms with Gasteiger partial charge in [0, 0.05) is 18.0 Å². The lowest BCUT2D eigenvalue weighted by Crippen LogP contribution is -2.35. The third-order valence-corrected chi connectivity index (χ3v) is 5.21. The minimum Gasteiger partial charge on any atom is -0.486 e. The lowest BCUT2D eigenvalue weighted by atomic mass is 10.0. The summed E-state index contributed by atoms with van der Waals surface area (Å²) in [5.41, 5.74) is 3.74. The number of amides is 1. The van der Waals surface area contributed by atoms with Crippen molar-refractivity contribution in [3.63, 3.8) is 0 Å². The Morgan fingerprint density at radius 3 is 2.74 bits per heavy atom. The van der Waals surface area contributed by atoms with Crippen molar-refractivity contribution in [2.45, 2.75) is 26.1 Å². The molecule has 0 bridgehead atoms. The fourth-order valence-electron chi connectivity index (χ4n) is 3.63. The monoisotopic (exact) mass is 411 g/mol. The fraction of sp³-hybridized carbons (Fsp3) is 0.160. The molecule has 0 saturated heterocycles. The van der Waals surface area contributed by atoms with Crippen molar-refractivity contribution < 1.29 is 14.4 Å². The summed E-state index contributed by atoms with van der Waals surface area (Å²) in [6.45, 7) is 0.539. The van der Waals surface area contributed by atoms with Gasteiger partial charge in [-0.2, -0.15) is 5.06 Å². The van der Waals surface area contributed by atoms with Gasteiger partial charge >= 0.3 is 0 Å². The van der Waals surface area contributed by atoms with Crippen LogP contribution in [0.1, 0.15) is 23.4 Å². The van der Waals surface area contributed by atoms with E-state index in [9.17, 15) is 4.79 Å². The second kappa shape index (κ2) is 8.53. The predicted molar refractivity (Wildman–Crippen MR) is 117 cm³/mol. The molecule has 0 aliphatic carbocycles. The Labute approximate surface area is 180 Å². The molecule has 3 aromatic carbocycles. The molecule has 4 aromatic rings. The van der Waals surface area contributed by atoms with Crippen molar-refractivity contribution in [1.82, 2.24) is 9.97 Å². The molecular formula is C25H21N3O3. The molecule has 154 valence electrons. The first-order chi connectivity index (χ1) is 15.3. The summed E-state index contributed by atoms with van der Waals surface area (Å²) in [4.78, 5) is 27.1. The SMILES string of the molecule is O=C1CCc2ccccc2N1OCc1cccc(OCc2ncc3ccccc3n2)c1. The van der Waals surface area contributed by atoms with E-state index < -0.39 is 0 Å². The molecule has 6 heteroatoms. The van der Waals surface area contributed by atoms with Gasteiger partial charge < -0.3 is 4.74 Å².